The molecule has 0 spiro atoms. The summed E-state index contributed by atoms with van der Waals surface area (Å²) in [7, 11) is 1.85. The second kappa shape index (κ2) is 5.69. The zero-order valence-corrected chi connectivity index (χ0v) is 12.9. The van der Waals surface area contributed by atoms with Crippen molar-refractivity contribution in [1.82, 2.24) is 14.3 Å². The molecule has 0 aliphatic carbocycles. The molecule has 21 heavy (non-hydrogen) atoms. The summed E-state index contributed by atoms with van der Waals surface area (Å²) in [5.74, 6) is 0.0448. The number of amides is 1. The molecular weight excluding hydrogens is 282 g/mol. The second-order valence-corrected chi connectivity index (χ2v) is 5.99. The number of likely N-dealkylation sites (N-methyl/N-ethyl adjacent to an activating group) is 1. The number of nitrogens with zero attached hydrogens (tertiary/aromatic N) is 3. The first-order valence-corrected chi connectivity index (χ1v) is 7.75. The van der Waals surface area contributed by atoms with Crippen molar-refractivity contribution in [2.75, 3.05) is 13.6 Å². The van der Waals surface area contributed by atoms with E-state index < -0.39 is 0 Å². The lowest BCUT2D eigenvalue weighted by Gasteiger charge is -2.16. The Bertz CT molecular complexity index is 775. The van der Waals surface area contributed by atoms with Crippen molar-refractivity contribution in [2.45, 2.75) is 13.3 Å². The van der Waals surface area contributed by atoms with E-state index in [2.05, 4.69) is 4.98 Å². The molecule has 0 saturated carbocycles. The lowest BCUT2D eigenvalue weighted by Crippen LogP contribution is -2.29. The molecule has 3 heterocycles. The van der Waals surface area contributed by atoms with Gasteiger partial charge in [0.05, 0.1) is 11.2 Å². The molecule has 1 amide bonds. The fourth-order valence-corrected chi connectivity index (χ4v) is 3.13. The van der Waals surface area contributed by atoms with E-state index in [9.17, 15) is 4.79 Å². The smallest absolute Gasteiger partial charge is 0.270 e. The predicted octanol–water partition coefficient (Wildman–Crippen LogP) is 3.02. The monoisotopic (exact) mass is 299 g/mol. The zero-order valence-electron chi connectivity index (χ0n) is 12.1. The summed E-state index contributed by atoms with van der Waals surface area (Å²) in [5, 5.41) is 0. The Morgan fingerprint density at radius 3 is 2.95 bits per heavy atom. The molecule has 0 aliphatic heterocycles. The van der Waals surface area contributed by atoms with Crippen LogP contribution in [-0.4, -0.2) is 33.8 Å². The van der Waals surface area contributed by atoms with Crippen molar-refractivity contribution in [1.29, 1.82) is 0 Å². The van der Waals surface area contributed by atoms with Gasteiger partial charge in [0.2, 0.25) is 0 Å². The van der Waals surface area contributed by atoms with Crippen LogP contribution < -0.4 is 0 Å². The normalized spacial score (nSPS) is 11.0. The Balaban J connectivity index is 1.74. The van der Waals surface area contributed by atoms with Crippen LogP contribution in [0.3, 0.4) is 0 Å². The molecule has 4 nitrogen and oxygen atoms in total. The summed E-state index contributed by atoms with van der Waals surface area (Å²) in [6.45, 7) is 2.70. The lowest BCUT2D eigenvalue weighted by molar-refractivity contribution is 0.0790. The third-order valence-electron chi connectivity index (χ3n) is 3.65. The maximum absolute atomic E-state index is 12.6. The largest absolute Gasteiger partial charge is 0.340 e. The van der Waals surface area contributed by atoms with E-state index in [1.54, 1.807) is 16.2 Å². The van der Waals surface area contributed by atoms with Crippen LogP contribution in [0.5, 0.6) is 0 Å². The van der Waals surface area contributed by atoms with Crippen LogP contribution in [0, 0.1) is 6.92 Å². The van der Waals surface area contributed by atoms with Gasteiger partial charge in [0.25, 0.3) is 5.91 Å². The van der Waals surface area contributed by atoms with Crippen molar-refractivity contribution in [2.24, 2.45) is 0 Å². The highest BCUT2D eigenvalue weighted by Gasteiger charge is 2.15. The Hall–Kier alpha value is -2.14. The van der Waals surface area contributed by atoms with Crippen LogP contribution in [0.15, 0.2) is 42.0 Å². The third-order valence-corrected chi connectivity index (χ3v) is 4.64. The fourth-order valence-electron chi connectivity index (χ4n) is 2.36. The van der Waals surface area contributed by atoms with Crippen molar-refractivity contribution >= 4 is 22.8 Å². The Labute approximate surface area is 127 Å². The molecule has 0 aliphatic rings. The third kappa shape index (κ3) is 2.69. The van der Waals surface area contributed by atoms with Gasteiger partial charge in [0.15, 0.2) is 0 Å². The summed E-state index contributed by atoms with van der Waals surface area (Å²) >= 11 is 1.65. The molecule has 3 rings (SSSR count). The van der Waals surface area contributed by atoms with Crippen LogP contribution >= 0.6 is 11.3 Å². The van der Waals surface area contributed by atoms with Gasteiger partial charge in [-0.2, -0.15) is 0 Å². The second-order valence-electron chi connectivity index (χ2n) is 5.05. The number of fused-ring (bicyclic) bond motifs is 1. The molecule has 108 valence electrons. The van der Waals surface area contributed by atoms with E-state index in [0.717, 1.165) is 17.6 Å². The van der Waals surface area contributed by atoms with E-state index >= 15 is 0 Å². The summed E-state index contributed by atoms with van der Waals surface area (Å²) in [5.41, 5.74) is 4.66. The maximum atomic E-state index is 12.6. The van der Waals surface area contributed by atoms with Gasteiger partial charge in [-0.1, -0.05) is 6.07 Å². The van der Waals surface area contributed by atoms with Gasteiger partial charge in [0, 0.05) is 36.6 Å². The Morgan fingerprint density at radius 1 is 1.33 bits per heavy atom. The molecule has 0 unspecified atom stereocenters. The number of rotatable bonds is 4. The van der Waals surface area contributed by atoms with Gasteiger partial charge >= 0.3 is 0 Å². The highest BCUT2D eigenvalue weighted by molar-refractivity contribution is 7.09. The molecule has 0 atom stereocenters. The van der Waals surface area contributed by atoms with E-state index in [1.165, 1.54) is 4.88 Å². The van der Waals surface area contributed by atoms with Gasteiger partial charge in [-0.05, 0) is 31.2 Å². The number of aryl methyl sites for hydroxylation is 1. The molecule has 0 saturated heterocycles. The minimum absolute atomic E-state index is 0.0448. The standard InChI is InChI=1S/C16H17N3OS/c1-12-15(21-11-17-12)8-10-18(2)16(20)14-7-6-13-5-3-4-9-19(13)14/h3-7,9,11H,8,10H2,1-2H3. The SMILES string of the molecule is Cc1ncsc1CCN(C)C(=O)c1ccc2ccccn12. The van der Waals surface area contributed by atoms with E-state index in [-0.39, 0.29) is 5.91 Å². The minimum Gasteiger partial charge on any atom is -0.340 e. The van der Waals surface area contributed by atoms with Gasteiger partial charge in [-0.25, -0.2) is 4.98 Å². The average Bonchev–Trinajstić information content (AvgIpc) is 3.10. The average molecular weight is 299 g/mol. The van der Waals surface area contributed by atoms with E-state index in [1.807, 2.05) is 60.4 Å². The molecule has 0 radical (unpaired) electrons. The summed E-state index contributed by atoms with van der Waals surface area (Å²) < 4.78 is 1.93. The van der Waals surface area contributed by atoms with Crippen LogP contribution in [0.25, 0.3) is 5.52 Å². The first-order chi connectivity index (χ1) is 10.2. The number of hydrogen-bond acceptors (Lipinski definition) is 3. The highest BCUT2D eigenvalue weighted by atomic mass is 32.1. The van der Waals surface area contributed by atoms with E-state index in [0.29, 0.717) is 12.2 Å². The van der Waals surface area contributed by atoms with Crippen molar-refractivity contribution in [3.8, 4) is 0 Å². The molecule has 3 aromatic rings. The Kier molecular flexibility index (Phi) is 3.75. The van der Waals surface area contributed by atoms with Crippen molar-refractivity contribution < 1.29 is 4.79 Å². The lowest BCUT2D eigenvalue weighted by atomic mass is 10.3. The molecule has 0 N–H and O–H groups in total. The van der Waals surface area contributed by atoms with Crippen LogP contribution in [0.4, 0.5) is 0 Å². The number of pyridine rings is 1. The first-order valence-electron chi connectivity index (χ1n) is 6.87. The molecule has 5 heteroatoms. The quantitative estimate of drug-likeness (QED) is 0.742. The number of carbonyl (C=O) groups excluding carboxylic acids is 1. The predicted molar refractivity (Wildman–Crippen MR) is 84.9 cm³/mol. The van der Waals surface area contributed by atoms with Crippen LogP contribution in [0.2, 0.25) is 0 Å². The minimum atomic E-state index is 0.0448. The number of hydrogen-bond donors (Lipinski definition) is 0. The first kappa shape index (κ1) is 13.8. The van der Waals surface area contributed by atoms with Crippen molar-refractivity contribution in [3.63, 3.8) is 0 Å². The van der Waals surface area contributed by atoms with Gasteiger partial charge in [0.1, 0.15) is 5.69 Å². The topological polar surface area (TPSA) is 37.6 Å². The summed E-state index contributed by atoms with van der Waals surface area (Å²) in [4.78, 5) is 19.8. The summed E-state index contributed by atoms with van der Waals surface area (Å²) in [6, 6.07) is 9.75. The van der Waals surface area contributed by atoms with Crippen molar-refractivity contribution in [3.05, 3.63) is 58.3 Å². The zero-order chi connectivity index (χ0) is 14.8. The maximum Gasteiger partial charge on any atom is 0.270 e. The molecular formula is C16H17N3OS. The number of aromatic nitrogens is 2. The van der Waals surface area contributed by atoms with Gasteiger partial charge in [-0.15, -0.1) is 11.3 Å². The van der Waals surface area contributed by atoms with Gasteiger partial charge < -0.3 is 9.30 Å². The number of thiazole rings is 1. The van der Waals surface area contributed by atoms with Gasteiger partial charge in [-0.3, -0.25) is 4.79 Å². The molecule has 0 bridgehead atoms. The summed E-state index contributed by atoms with van der Waals surface area (Å²) in [6.07, 6.45) is 2.77. The number of carbonyl (C=O) groups is 1. The fraction of sp³-hybridized carbons (Fsp3) is 0.250. The van der Waals surface area contributed by atoms with E-state index in [4.69, 9.17) is 0 Å². The molecule has 0 fully saturated rings. The molecule has 3 aromatic heterocycles. The van der Waals surface area contributed by atoms with Crippen LogP contribution in [0.1, 0.15) is 21.1 Å². The molecule has 0 aromatic carbocycles. The highest BCUT2D eigenvalue weighted by Crippen LogP contribution is 2.15. The Morgan fingerprint density at radius 2 is 2.19 bits per heavy atom. The van der Waals surface area contributed by atoms with Crippen LogP contribution in [-0.2, 0) is 6.42 Å².